The van der Waals surface area contributed by atoms with E-state index in [4.69, 9.17) is 0 Å². The summed E-state index contributed by atoms with van der Waals surface area (Å²) in [6.07, 6.45) is 6.65. The van der Waals surface area contributed by atoms with Gasteiger partial charge in [-0.2, -0.15) is 0 Å². The van der Waals surface area contributed by atoms with Gasteiger partial charge in [-0.05, 0) is 24.8 Å². The zero-order chi connectivity index (χ0) is 10.9. The largest absolute Gasteiger partial charge is 0.351 e. The summed E-state index contributed by atoms with van der Waals surface area (Å²) in [4.78, 5) is 15.2. The number of nitrogens with one attached hydrogen (secondary N) is 2. The fourth-order valence-electron chi connectivity index (χ4n) is 1.02. The molecule has 1 aromatic heterocycles. The van der Waals surface area contributed by atoms with Gasteiger partial charge in [0.1, 0.15) is 0 Å². The van der Waals surface area contributed by atoms with Gasteiger partial charge in [0.25, 0.3) is 0 Å². The van der Waals surface area contributed by atoms with E-state index in [2.05, 4.69) is 15.6 Å². The molecule has 0 saturated heterocycles. The molecule has 0 atom stereocenters. The average molecular weight is 205 g/mol. The second-order valence-corrected chi connectivity index (χ2v) is 3.01. The highest BCUT2D eigenvalue weighted by Crippen LogP contribution is 1.97. The number of carbonyl (C=O) groups excluding carboxylic acids is 1. The number of hydrogen-bond acceptors (Lipinski definition) is 3. The van der Waals surface area contributed by atoms with Crippen molar-refractivity contribution in [3.05, 3.63) is 36.2 Å². The van der Waals surface area contributed by atoms with Crippen LogP contribution < -0.4 is 10.6 Å². The van der Waals surface area contributed by atoms with Crippen LogP contribution in [0.2, 0.25) is 0 Å². The third-order valence-electron chi connectivity index (χ3n) is 1.79. The molecule has 80 valence electrons. The van der Waals surface area contributed by atoms with Gasteiger partial charge in [0, 0.05) is 31.6 Å². The molecule has 0 spiro atoms. The fraction of sp³-hybridized carbons (Fsp3) is 0.273. The highest BCUT2D eigenvalue weighted by Gasteiger charge is 1.92. The molecule has 2 N–H and O–H groups in total. The van der Waals surface area contributed by atoms with Gasteiger partial charge in [-0.25, -0.2) is 0 Å². The van der Waals surface area contributed by atoms with Crippen molar-refractivity contribution in [3.8, 4) is 0 Å². The van der Waals surface area contributed by atoms with Crippen LogP contribution in [0.15, 0.2) is 30.6 Å². The lowest BCUT2D eigenvalue weighted by Crippen LogP contribution is -2.28. The van der Waals surface area contributed by atoms with E-state index >= 15 is 0 Å². The minimum Gasteiger partial charge on any atom is -0.351 e. The van der Waals surface area contributed by atoms with Gasteiger partial charge in [0.05, 0.1) is 0 Å². The summed E-state index contributed by atoms with van der Waals surface area (Å²) < 4.78 is 0. The highest BCUT2D eigenvalue weighted by molar-refractivity contribution is 5.91. The summed E-state index contributed by atoms with van der Waals surface area (Å²) in [6, 6.07) is 3.73. The van der Waals surface area contributed by atoms with E-state index in [1.54, 1.807) is 18.5 Å². The Morgan fingerprint density at radius 2 is 2.40 bits per heavy atom. The Labute approximate surface area is 89.4 Å². The topological polar surface area (TPSA) is 54.0 Å². The number of pyridine rings is 1. The number of nitrogens with zero attached hydrogens (tertiary/aromatic N) is 1. The second-order valence-electron chi connectivity index (χ2n) is 3.01. The van der Waals surface area contributed by atoms with Crippen molar-refractivity contribution in [2.24, 2.45) is 0 Å². The molecule has 0 radical (unpaired) electrons. The maximum atomic E-state index is 11.2. The van der Waals surface area contributed by atoms with Crippen LogP contribution in [0, 0.1) is 0 Å². The van der Waals surface area contributed by atoms with E-state index in [0.717, 1.165) is 12.1 Å². The van der Waals surface area contributed by atoms with Gasteiger partial charge < -0.3 is 10.6 Å². The Kier molecular flexibility index (Phi) is 5.11. The van der Waals surface area contributed by atoms with Gasteiger partial charge in [-0.1, -0.05) is 6.07 Å². The lowest BCUT2D eigenvalue weighted by atomic mass is 10.2. The predicted molar refractivity (Wildman–Crippen MR) is 60.2 cm³/mol. The standard InChI is InChI=1S/C11H15N3O/c1-12-7-8-14-11(15)5-4-10-3-2-6-13-9-10/h2-6,9,12H,7-8H2,1H3,(H,14,15)/b5-4+. The van der Waals surface area contributed by atoms with E-state index in [0.29, 0.717) is 6.54 Å². The van der Waals surface area contributed by atoms with Crippen molar-refractivity contribution in [1.29, 1.82) is 0 Å². The molecule has 15 heavy (non-hydrogen) atoms. The molecule has 0 aromatic carbocycles. The molecular formula is C11H15N3O. The maximum absolute atomic E-state index is 11.2. The Morgan fingerprint density at radius 1 is 1.53 bits per heavy atom. The molecule has 0 fully saturated rings. The van der Waals surface area contributed by atoms with Crippen LogP contribution in [-0.4, -0.2) is 31.0 Å². The zero-order valence-corrected chi connectivity index (χ0v) is 8.73. The van der Waals surface area contributed by atoms with Crippen LogP contribution in [0.25, 0.3) is 6.08 Å². The van der Waals surface area contributed by atoms with E-state index in [-0.39, 0.29) is 5.91 Å². The Morgan fingerprint density at radius 3 is 3.07 bits per heavy atom. The monoisotopic (exact) mass is 205 g/mol. The van der Waals surface area contributed by atoms with E-state index in [9.17, 15) is 4.79 Å². The van der Waals surface area contributed by atoms with Crippen LogP contribution in [-0.2, 0) is 4.79 Å². The first-order chi connectivity index (χ1) is 7.33. The quantitative estimate of drug-likeness (QED) is 0.541. The number of aromatic nitrogens is 1. The molecule has 1 heterocycles. The van der Waals surface area contributed by atoms with Crippen molar-refractivity contribution in [3.63, 3.8) is 0 Å². The predicted octanol–water partition coefficient (Wildman–Crippen LogP) is 0.430. The van der Waals surface area contributed by atoms with Crippen molar-refractivity contribution in [2.45, 2.75) is 0 Å². The molecule has 4 heteroatoms. The third kappa shape index (κ3) is 4.93. The maximum Gasteiger partial charge on any atom is 0.244 e. The van der Waals surface area contributed by atoms with Gasteiger partial charge >= 0.3 is 0 Å². The minimum atomic E-state index is -0.0888. The van der Waals surface area contributed by atoms with Gasteiger partial charge in [0.15, 0.2) is 0 Å². The number of carbonyl (C=O) groups is 1. The molecule has 0 aliphatic carbocycles. The lowest BCUT2D eigenvalue weighted by molar-refractivity contribution is -0.116. The van der Waals surface area contributed by atoms with Crippen LogP contribution in [0.1, 0.15) is 5.56 Å². The second kappa shape index (κ2) is 6.73. The van der Waals surface area contributed by atoms with E-state index in [1.807, 2.05) is 19.2 Å². The summed E-state index contributed by atoms with van der Waals surface area (Å²) in [6.45, 7) is 1.40. The molecular weight excluding hydrogens is 190 g/mol. The Balaban J connectivity index is 2.34. The normalized spacial score (nSPS) is 10.5. The molecule has 0 saturated carbocycles. The Bertz CT molecular complexity index is 322. The number of rotatable bonds is 5. The van der Waals surface area contributed by atoms with Gasteiger partial charge in [0.2, 0.25) is 5.91 Å². The van der Waals surface area contributed by atoms with Crippen molar-refractivity contribution in [1.82, 2.24) is 15.6 Å². The van der Waals surface area contributed by atoms with Crippen molar-refractivity contribution >= 4 is 12.0 Å². The molecule has 1 amide bonds. The molecule has 0 aliphatic rings. The van der Waals surface area contributed by atoms with E-state index < -0.39 is 0 Å². The first kappa shape index (κ1) is 11.4. The smallest absolute Gasteiger partial charge is 0.244 e. The SMILES string of the molecule is CNCCNC(=O)/C=C/c1cccnc1. The van der Waals surface area contributed by atoms with Crippen LogP contribution in [0.3, 0.4) is 0 Å². The minimum absolute atomic E-state index is 0.0888. The van der Waals surface area contributed by atoms with Crippen LogP contribution in [0.5, 0.6) is 0 Å². The number of hydrogen-bond donors (Lipinski definition) is 2. The van der Waals surface area contributed by atoms with Gasteiger partial charge in [-0.3, -0.25) is 9.78 Å². The molecule has 1 aromatic rings. The van der Waals surface area contributed by atoms with Gasteiger partial charge in [-0.15, -0.1) is 0 Å². The zero-order valence-electron chi connectivity index (χ0n) is 8.73. The third-order valence-corrected chi connectivity index (χ3v) is 1.79. The molecule has 0 aliphatic heterocycles. The molecule has 0 unspecified atom stereocenters. The first-order valence-corrected chi connectivity index (χ1v) is 4.83. The molecule has 1 rings (SSSR count). The summed E-state index contributed by atoms with van der Waals surface area (Å²) in [7, 11) is 1.84. The fourth-order valence-corrected chi connectivity index (χ4v) is 1.02. The summed E-state index contributed by atoms with van der Waals surface area (Å²) in [5.74, 6) is -0.0888. The summed E-state index contributed by atoms with van der Waals surface area (Å²) in [5, 5.41) is 5.69. The first-order valence-electron chi connectivity index (χ1n) is 4.83. The molecule has 4 nitrogen and oxygen atoms in total. The highest BCUT2D eigenvalue weighted by atomic mass is 16.1. The van der Waals surface area contributed by atoms with Crippen LogP contribution >= 0.6 is 0 Å². The summed E-state index contributed by atoms with van der Waals surface area (Å²) >= 11 is 0. The Hall–Kier alpha value is -1.68. The summed E-state index contributed by atoms with van der Waals surface area (Å²) in [5.41, 5.74) is 0.918. The number of amides is 1. The van der Waals surface area contributed by atoms with Crippen molar-refractivity contribution in [2.75, 3.05) is 20.1 Å². The lowest BCUT2D eigenvalue weighted by Gasteiger charge is -1.99. The molecule has 0 bridgehead atoms. The average Bonchev–Trinajstić information content (AvgIpc) is 2.28. The van der Waals surface area contributed by atoms with E-state index in [1.165, 1.54) is 6.08 Å². The van der Waals surface area contributed by atoms with Crippen molar-refractivity contribution < 1.29 is 4.79 Å². The van der Waals surface area contributed by atoms with Crippen LogP contribution in [0.4, 0.5) is 0 Å². The number of likely N-dealkylation sites (N-methyl/N-ethyl adjacent to an activating group) is 1.